The summed E-state index contributed by atoms with van der Waals surface area (Å²) in [5.74, 6) is 2.14. The van der Waals surface area contributed by atoms with Gasteiger partial charge >= 0.3 is 5.97 Å². The monoisotopic (exact) mass is 591 g/mol. The molecule has 42 heavy (non-hydrogen) atoms. The molecule has 0 fully saturated rings. The Bertz CT molecular complexity index is 582. The van der Waals surface area contributed by atoms with Crippen LogP contribution in [-0.2, 0) is 9.53 Å². The lowest BCUT2D eigenvalue weighted by molar-refractivity contribution is -0.140. The summed E-state index contributed by atoms with van der Waals surface area (Å²) in [5.41, 5.74) is 0.519. The van der Waals surface area contributed by atoms with Crippen molar-refractivity contribution in [3.8, 4) is 0 Å². The molecule has 0 aliphatic carbocycles. The van der Waals surface area contributed by atoms with Crippen molar-refractivity contribution in [2.75, 3.05) is 6.61 Å². The van der Waals surface area contributed by atoms with Crippen LogP contribution in [0, 0.1) is 17.8 Å². The van der Waals surface area contributed by atoms with Gasteiger partial charge in [0.05, 0.1) is 6.61 Å². The highest BCUT2D eigenvalue weighted by Gasteiger charge is 2.12. The minimum atomic E-state index is -0.217. The second-order valence-electron chi connectivity index (χ2n) is 14.2. The van der Waals surface area contributed by atoms with Crippen molar-refractivity contribution in [3.63, 3.8) is 0 Å². The van der Waals surface area contributed by atoms with Gasteiger partial charge in [0, 0.05) is 5.57 Å². The minimum Gasteiger partial charge on any atom is -0.462 e. The number of carbonyl (C=O) groups is 1. The van der Waals surface area contributed by atoms with Crippen LogP contribution in [0.5, 0.6) is 0 Å². The fraction of sp³-hybridized carbons (Fsp3) is 0.925. The fourth-order valence-electron chi connectivity index (χ4n) is 6.07. The lowest BCUT2D eigenvalue weighted by Gasteiger charge is -2.17. The normalized spacial score (nSPS) is 13.6. The van der Waals surface area contributed by atoms with E-state index in [-0.39, 0.29) is 5.97 Å². The smallest absolute Gasteiger partial charge is 0.333 e. The first-order chi connectivity index (χ1) is 20.4. The first kappa shape index (κ1) is 41.2. The third-order valence-corrected chi connectivity index (χ3v) is 9.81. The SMILES string of the molecule is C=C(C)C(=O)OCC(CCCCCCCCCCCCCCC(C)CC)CCCCCCCCCCCCC(C)CC. The molecule has 0 rings (SSSR count). The Hall–Kier alpha value is -0.790. The molecule has 0 radical (unpaired) electrons. The van der Waals surface area contributed by atoms with Gasteiger partial charge in [-0.05, 0) is 37.5 Å². The zero-order valence-corrected chi connectivity index (χ0v) is 29.8. The van der Waals surface area contributed by atoms with Crippen molar-refractivity contribution < 1.29 is 9.53 Å². The highest BCUT2D eigenvalue weighted by Crippen LogP contribution is 2.21. The molecule has 0 N–H and O–H groups in total. The Morgan fingerprint density at radius 3 is 1.02 bits per heavy atom. The number of carbonyl (C=O) groups excluding carboxylic acids is 1. The summed E-state index contributed by atoms with van der Waals surface area (Å²) in [6, 6.07) is 0. The highest BCUT2D eigenvalue weighted by molar-refractivity contribution is 5.86. The Balaban J connectivity index is 3.79. The summed E-state index contributed by atoms with van der Waals surface area (Å²) < 4.78 is 5.58. The molecule has 0 aromatic heterocycles. The maximum atomic E-state index is 12.0. The maximum Gasteiger partial charge on any atom is 0.333 e. The van der Waals surface area contributed by atoms with Crippen molar-refractivity contribution in [1.82, 2.24) is 0 Å². The van der Waals surface area contributed by atoms with Gasteiger partial charge in [0.2, 0.25) is 0 Å². The van der Waals surface area contributed by atoms with E-state index in [1.807, 2.05) is 0 Å². The van der Waals surface area contributed by atoms with E-state index in [2.05, 4.69) is 34.3 Å². The van der Waals surface area contributed by atoms with Crippen molar-refractivity contribution in [2.24, 2.45) is 17.8 Å². The van der Waals surface area contributed by atoms with Crippen LogP contribution < -0.4 is 0 Å². The molecule has 0 aliphatic heterocycles. The number of hydrogen-bond donors (Lipinski definition) is 0. The lowest BCUT2D eigenvalue weighted by atomic mass is 9.94. The topological polar surface area (TPSA) is 26.3 Å². The summed E-state index contributed by atoms with van der Waals surface area (Å²) in [7, 11) is 0. The summed E-state index contributed by atoms with van der Waals surface area (Å²) >= 11 is 0. The van der Waals surface area contributed by atoms with Crippen molar-refractivity contribution in [2.45, 2.75) is 214 Å². The highest BCUT2D eigenvalue weighted by atomic mass is 16.5. The number of rotatable bonds is 33. The minimum absolute atomic E-state index is 0.217. The summed E-state index contributed by atoms with van der Waals surface area (Å²) in [6.45, 7) is 15.5. The van der Waals surface area contributed by atoms with E-state index in [4.69, 9.17) is 4.74 Å². The van der Waals surface area contributed by atoms with Gasteiger partial charge in [-0.2, -0.15) is 0 Å². The molecule has 0 aromatic carbocycles. The summed E-state index contributed by atoms with van der Waals surface area (Å²) in [5, 5.41) is 0. The molecular weight excluding hydrogens is 512 g/mol. The van der Waals surface area contributed by atoms with E-state index >= 15 is 0 Å². The average Bonchev–Trinajstić information content (AvgIpc) is 2.99. The van der Waals surface area contributed by atoms with Crippen LogP contribution in [0.4, 0.5) is 0 Å². The Morgan fingerprint density at radius 1 is 0.500 bits per heavy atom. The van der Waals surface area contributed by atoms with Crippen LogP contribution in [0.15, 0.2) is 12.2 Å². The van der Waals surface area contributed by atoms with Gasteiger partial charge in [0.1, 0.15) is 0 Å². The largest absolute Gasteiger partial charge is 0.462 e. The molecule has 0 bridgehead atoms. The van der Waals surface area contributed by atoms with Crippen molar-refractivity contribution in [3.05, 3.63) is 12.2 Å². The predicted molar refractivity (Wildman–Crippen MR) is 188 cm³/mol. The van der Waals surface area contributed by atoms with Crippen LogP contribution in [0.25, 0.3) is 0 Å². The molecule has 3 atom stereocenters. The predicted octanol–water partition coefficient (Wildman–Crippen LogP) is 14.0. The first-order valence-electron chi connectivity index (χ1n) is 19.2. The molecule has 0 saturated heterocycles. The second kappa shape index (κ2) is 31.6. The average molecular weight is 591 g/mol. The van der Waals surface area contributed by atoms with Crippen LogP contribution >= 0.6 is 0 Å². The van der Waals surface area contributed by atoms with Gasteiger partial charge < -0.3 is 4.74 Å². The zero-order valence-electron chi connectivity index (χ0n) is 29.8. The third-order valence-electron chi connectivity index (χ3n) is 9.81. The van der Waals surface area contributed by atoms with Gasteiger partial charge in [-0.1, -0.05) is 201 Å². The van der Waals surface area contributed by atoms with Crippen molar-refractivity contribution in [1.29, 1.82) is 0 Å². The number of hydrogen-bond acceptors (Lipinski definition) is 2. The molecule has 0 saturated carbocycles. The van der Waals surface area contributed by atoms with E-state index in [9.17, 15) is 4.79 Å². The molecule has 0 amide bonds. The second-order valence-corrected chi connectivity index (χ2v) is 14.2. The molecule has 0 spiro atoms. The van der Waals surface area contributed by atoms with E-state index in [0.717, 1.165) is 11.8 Å². The lowest BCUT2D eigenvalue weighted by Crippen LogP contribution is -2.15. The standard InChI is InChI=1S/C40H78O2/c1-7-37(5)31-27-23-19-15-11-9-10-12-17-21-25-29-33-39(35-42-40(41)36(3)4)34-30-26-22-18-14-13-16-20-24-28-32-38(6)8-2/h37-39H,3,7-35H2,1-2,4-6H3. The van der Waals surface area contributed by atoms with Gasteiger partial charge in [-0.3, -0.25) is 0 Å². The van der Waals surface area contributed by atoms with Crippen molar-refractivity contribution >= 4 is 5.97 Å². The molecule has 3 unspecified atom stereocenters. The fourth-order valence-corrected chi connectivity index (χ4v) is 6.07. The van der Waals surface area contributed by atoms with Gasteiger partial charge in [-0.15, -0.1) is 0 Å². The van der Waals surface area contributed by atoms with Crippen LogP contribution in [0.1, 0.15) is 214 Å². The van der Waals surface area contributed by atoms with Crippen LogP contribution in [0.2, 0.25) is 0 Å². The van der Waals surface area contributed by atoms with Crippen LogP contribution in [-0.4, -0.2) is 12.6 Å². The van der Waals surface area contributed by atoms with Gasteiger partial charge in [-0.25, -0.2) is 4.79 Å². The Morgan fingerprint density at radius 2 is 0.762 bits per heavy atom. The van der Waals surface area contributed by atoms with E-state index in [1.54, 1.807) is 6.92 Å². The molecule has 0 heterocycles. The third kappa shape index (κ3) is 29.3. The molecule has 250 valence electrons. The quantitative estimate of drug-likeness (QED) is 0.0431. The molecule has 0 aromatic rings. The molecule has 0 aliphatic rings. The zero-order chi connectivity index (χ0) is 31.1. The number of unbranched alkanes of at least 4 members (excludes halogenated alkanes) is 20. The van der Waals surface area contributed by atoms with Gasteiger partial charge in [0.15, 0.2) is 0 Å². The first-order valence-corrected chi connectivity index (χ1v) is 19.2. The molecule has 2 heteroatoms. The number of esters is 1. The van der Waals surface area contributed by atoms with Gasteiger partial charge in [0.25, 0.3) is 0 Å². The summed E-state index contributed by atoms with van der Waals surface area (Å²) in [6.07, 6.45) is 38.7. The molecule has 2 nitrogen and oxygen atoms in total. The van der Waals surface area contributed by atoms with E-state index in [0.29, 0.717) is 18.1 Å². The molecular formula is C40H78O2. The maximum absolute atomic E-state index is 12.0. The van der Waals surface area contributed by atoms with E-state index in [1.165, 1.54) is 180 Å². The Kier molecular flexibility index (Phi) is 31.0. The van der Waals surface area contributed by atoms with E-state index < -0.39 is 0 Å². The Labute approximate surface area is 266 Å². The number of ether oxygens (including phenoxy) is 1. The summed E-state index contributed by atoms with van der Waals surface area (Å²) in [4.78, 5) is 12.0. The van der Waals surface area contributed by atoms with Crippen LogP contribution in [0.3, 0.4) is 0 Å².